The number of hydrogen-bond donors (Lipinski definition) is 2. The molecule has 0 bridgehead atoms. The number of rotatable bonds is 3. The van der Waals surface area contributed by atoms with E-state index in [9.17, 15) is 9.59 Å². The van der Waals surface area contributed by atoms with Crippen molar-refractivity contribution >= 4 is 29.2 Å². The number of carboxylic acid groups (broad SMARTS) is 1. The van der Waals surface area contributed by atoms with E-state index >= 15 is 0 Å². The average molecular weight is 267 g/mol. The number of hydrogen-bond acceptors (Lipinski definition) is 4. The van der Waals surface area contributed by atoms with Crippen molar-refractivity contribution in [3.8, 4) is 0 Å². The lowest BCUT2D eigenvalue weighted by Gasteiger charge is -2.07. The lowest BCUT2D eigenvalue weighted by Crippen LogP contribution is -2.15. The Balaban J connectivity index is 2.29. The third-order valence-electron chi connectivity index (χ3n) is 2.13. The van der Waals surface area contributed by atoms with Crippen LogP contribution >= 0.6 is 11.6 Å². The normalized spacial score (nSPS) is 10.1. The van der Waals surface area contributed by atoms with Crippen molar-refractivity contribution in [1.82, 2.24) is 5.16 Å². The molecule has 0 saturated carbocycles. The Morgan fingerprint density at radius 1 is 1.33 bits per heavy atom. The van der Waals surface area contributed by atoms with E-state index in [1.807, 2.05) is 0 Å². The molecule has 0 aliphatic carbocycles. The van der Waals surface area contributed by atoms with Crippen LogP contribution in [-0.4, -0.2) is 22.1 Å². The molecule has 92 valence electrons. The number of carboxylic acids is 1. The molecule has 1 amide bonds. The lowest BCUT2D eigenvalue weighted by atomic mass is 10.1. The van der Waals surface area contributed by atoms with Crippen molar-refractivity contribution in [2.45, 2.75) is 0 Å². The largest absolute Gasteiger partial charge is 0.478 e. The van der Waals surface area contributed by atoms with Gasteiger partial charge in [0, 0.05) is 11.1 Å². The first-order valence-electron chi connectivity index (χ1n) is 4.82. The van der Waals surface area contributed by atoms with E-state index in [0.29, 0.717) is 0 Å². The van der Waals surface area contributed by atoms with Gasteiger partial charge < -0.3 is 14.9 Å². The van der Waals surface area contributed by atoms with Crippen LogP contribution in [0.4, 0.5) is 5.69 Å². The van der Waals surface area contributed by atoms with Crippen LogP contribution < -0.4 is 5.32 Å². The van der Waals surface area contributed by atoms with Gasteiger partial charge in [0.1, 0.15) is 6.26 Å². The van der Waals surface area contributed by atoms with E-state index in [2.05, 4.69) is 15.0 Å². The van der Waals surface area contributed by atoms with Crippen LogP contribution in [-0.2, 0) is 0 Å². The summed E-state index contributed by atoms with van der Waals surface area (Å²) in [6.45, 7) is 0. The first-order chi connectivity index (χ1) is 8.58. The number of aromatic carboxylic acids is 1. The average Bonchev–Trinajstić information content (AvgIpc) is 2.84. The number of aromatic nitrogens is 1. The Labute approximate surface area is 106 Å². The van der Waals surface area contributed by atoms with Crippen LogP contribution in [0.5, 0.6) is 0 Å². The molecule has 1 aromatic carbocycles. The summed E-state index contributed by atoms with van der Waals surface area (Å²) in [5.41, 5.74) is 0.0977. The SMILES string of the molecule is O=C(Nc1ccc(Cl)cc1C(=O)O)c1ccon1. The zero-order valence-electron chi connectivity index (χ0n) is 8.88. The molecular weight excluding hydrogens is 260 g/mol. The van der Waals surface area contributed by atoms with Crippen LogP contribution in [0, 0.1) is 0 Å². The van der Waals surface area contributed by atoms with Gasteiger partial charge in [-0.05, 0) is 18.2 Å². The molecule has 0 atom stereocenters. The second kappa shape index (κ2) is 4.89. The Morgan fingerprint density at radius 2 is 2.11 bits per heavy atom. The fourth-order valence-corrected chi connectivity index (χ4v) is 1.49. The van der Waals surface area contributed by atoms with Crippen LogP contribution in [0.15, 0.2) is 35.1 Å². The van der Waals surface area contributed by atoms with Gasteiger partial charge in [-0.1, -0.05) is 16.8 Å². The molecule has 1 aromatic heterocycles. The van der Waals surface area contributed by atoms with Crippen molar-refractivity contribution in [2.24, 2.45) is 0 Å². The van der Waals surface area contributed by atoms with Crippen LogP contribution in [0.1, 0.15) is 20.8 Å². The monoisotopic (exact) mass is 266 g/mol. The first-order valence-corrected chi connectivity index (χ1v) is 5.20. The van der Waals surface area contributed by atoms with E-state index < -0.39 is 11.9 Å². The molecule has 2 rings (SSSR count). The van der Waals surface area contributed by atoms with E-state index in [-0.39, 0.29) is 22.0 Å². The molecule has 0 unspecified atom stereocenters. The second-order valence-electron chi connectivity index (χ2n) is 3.33. The molecule has 0 radical (unpaired) electrons. The highest BCUT2D eigenvalue weighted by molar-refractivity contribution is 6.31. The molecule has 0 fully saturated rings. The van der Waals surface area contributed by atoms with Crippen LogP contribution in [0.3, 0.4) is 0 Å². The highest BCUT2D eigenvalue weighted by Gasteiger charge is 2.15. The van der Waals surface area contributed by atoms with Crippen molar-refractivity contribution in [3.63, 3.8) is 0 Å². The third kappa shape index (κ3) is 2.49. The minimum absolute atomic E-state index is 0.0567. The molecule has 0 spiro atoms. The molecule has 2 N–H and O–H groups in total. The molecule has 6 nitrogen and oxygen atoms in total. The number of benzene rings is 1. The molecule has 0 aliphatic rings. The summed E-state index contributed by atoms with van der Waals surface area (Å²) in [6, 6.07) is 5.50. The predicted octanol–water partition coefficient (Wildman–Crippen LogP) is 2.28. The van der Waals surface area contributed by atoms with Gasteiger partial charge in [0.25, 0.3) is 5.91 Å². The summed E-state index contributed by atoms with van der Waals surface area (Å²) in [7, 11) is 0. The van der Waals surface area contributed by atoms with Crippen molar-refractivity contribution in [2.75, 3.05) is 5.32 Å². The molecule has 18 heavy (non-hydrogen) atoms. The number of halogens is 1. The number of amides is 1. The minimum Gasteiger partial charge on any atom is -0.478 e. The molecule has 0 saturated heterocycles. The highest BCUT2D eigenvalue weighted by atomic mass is 35.5. The van der Waals surface area contributed by atoms with Gasteiger partial charge in [-0.2, -0.15) is 0 Å². The van der Waals surface area contributed by atoms with Gasteiger partial charge in [-0.15, -0.1) is 0 Å². The fourth-order valence-electron chi connectivity index (χ4n) is 1.32. The summed E-state index contributed by atoms with van der Waals surface area (Å²) in [5, 5.41) is 15.1. The van der Waals surface area contributed by atoms with E-state index in [1.54, 1.807) is 0 Å². The zero-order chi connectivity index (χ0) is 13.1. The first kappa shape index (κ1) is 12.1. The quantitative estimate of drug-likeness (QED) is 0.889. The van der Waals surface area contributed by atoms with Gasteiger partial charge in [0.2, 0.25) is 0 Å². The number of anilines is 1. The van der Waals surface area contributed by atoms with E-state index in [0.717, 1.165) is 0 Å². The van der Waals surface area contributed by atoms with E-state index in [1.165, 1.54) is 30.5 Å². The third-order valence-corrected chi connectivity index (χ3v) is 2.37. The number of carbonyl (C=O) groups excluding carboxylic acids is 1. The van der Waals surface area contributed by atoms with Crippen LogP contribution in [0.2, 0.25) is 5.02 Å². The maximum absolute atomic E-state index is 11.7. The van der Waals surface area contributed by atoms with Crippen molar-refractivity contribution in [3.05, 3.63) is 46.8 Å². The van der Waals surface area contributed by atoms with Gasteiger partial charge in [-0.3, -0.25) is 4.79 Å². The summed E-state index contributed by atoms with van der Waals surface area (Å²) >= 11 is 5.69. The molecule has 2 aromatic rings. The number of nitrogens with one attached hydrogen (secondary N) is 1. The van der Waals surface area contributed by atoms with Crippen LogP contribution in [0.25, 0.3) is 0 Å². The smallest absolute Gasteiger partial charge is 0.337 e. The summed E-state index contributed by atoms with van der Waals surface area (Å²) in [4.78, 5) is 22.7. The number of carbonyl (C=O) groups is 2. The van der Waals surface area contributed by atoms with Gasteiger partial charge in [0.15, 0.2) is 5.69 Å². The molecule has 1 heterocycles. The molecule has 7 heteroatoms. The van der Waals surface area contributed by atoms with E-state index in [4.69, 9.17) is 16.7 Å². The minimum atomic E-state index is -1.19. The van der Waals surface area contributed by atoms with Crippen molar-refractivity contribution in [1.29, 1.82) is 0 Å². The molecular formula is C11H7ClN2O4. The Morgan fingerprint density at radius 3 is 2.72 bits per heavy atom. The topological polar surface area (TPSA) is 92.4 Å². The second-order valence-corrected chi connectivity index (χ2v) is 3.77. The molecule has 0 aliphatic heterocycles. The van der Waals surface area contributed by atoms with Crippen molar-refractivity contribution < 1.29 is 19.2 Å². The lowest BCUT2D eigenvalue weighted by molar-refractivity contribution is 0.0698. The van der Waals surface area contributed by atoms with Gasteiger partial charge >= 0.3 is 5.97 Å². The fraction of sp³-hybridized carbons (Fsp3) is 0. The summed E-state index contributed by atoms with van der Waals surface area (Å²) < 4.78 is 4.52. The highest BCUT2D eigenvalue weighted by Crippen LogP contribution is 2.21. The standard InChI is InChI=1S/C11H7ClN2O4/c12-6-1-2-8(7(5-6)11(16)17)13-10(15)9-3-4-18-14-9/h1-5H,(H,13,15)(H,16,17). The van der Waals surface area contributed by atoms with Gasteiger partial charge in [0.05, 0.1) is 11.3 Å². The van der Waals surface area contributed by atoms with Gasteiger partial charge in [-0.25, -0.2) is 4.79 Å². The maximum atomic E-state index is 11.7. The number of nitrogens with zero attached hydrogens (tertiary/aromatic N) is 1. The Kier molecular flexibility index (Phi) is 3.29. The Hall–Kier alpha value is -2.34. The Bertz CT molecular complexity index is 595. The summed E-state index contributed by atoms with van der Waals surface area (Å²) in [5.74, 6) is -1.75. The maximum Gasteiger partial charge on any atom is 0.337 e. The zero-order valence-corrected chi connectivity index (χ0v) is 9.64. The predicted molar refractivity (Wildman–Crippen MR) is 62.9 cm³/mol. The summed E-state index contributed by atoms with van der Waals surface area (Å²) in [6.07, 6.45) is 1.24.